The molecule has 2 aromatic carbocycles. The van der Waals surface area contributed by atoms with Crippen LogP contribution in [0, 0.1) is 24.1 Å². The lowest BCUT2D eigenvalue weighted by molar-refractivity contribution is 0.311. The van der Waals surface area contributed by atoms with Gasteiger partial charge in [-0.2, -0.15) is 5.26 Å². The van der Waals surface area contributed by atoms with E-state index in [0.29, 0.717) is 24.2 Å². The lowest BCUT2D eigenvalue weighted by Gasteiger charge is -2.36. The summed E-state index contributed by atoms with van der Waals surface area (Å²) in [7, 11) is 1.59. The number of methoxy groups -OCH3 is 1. The summed E-state index contributed by atoms with van der Waals surface area (Å²) >= 11 is 0. The third-order valence-corrected chi connectivity index (χ3v) is 5.46. The van der Waals surface area contributed by atoms with Gasteiger partial charge in [0.15, 0.2) is 0 Å². The fourth-order valence-electron chi connectivity index (χ4n) is 4.45. The first-order valence-electron chi connectivity index (χ1n) is 9.70. The number of nitrogens with two attached hydrogens (primary N) is 1. The van der Waals surface area contributed by atoms with Crippen molar-refractivity contribution >= 4 is 10.9 Å². The van der Waals surface area contributed by atoms with Gasteiger partial charge in [-0.3, -0.25) is 0 Å². The summed E-state index contributed by atoms with van der Waals surface area (Å²) in [6.45, 7) is 8.13. The average Bonchev–Trinajstić information content (AvgIpc) is 3.02. The summed E-state index contributed by atoms with van der Waals surface area (Å²) in [5.74, 6) is 0.379. The highest BCUT2D eigenvalue weighted by atomic mass is 19.1. The molecule has 0 saturated carbocycles. The van der Waals surface area contributed by atoms with Gasteiger partial charge >= 0.3 is 0 Å². The molecule has 5 heteroatoms. The zero-order valence-electron chi connectivity index (χ0n) is 17.7. The van der Waals surface area contributed by atoms with Crippen molar-refractivity contribution in [1.82, 2.24) is 4.98 Å². The molecule has 0 radical (unpaired) electrons. The molecule has 3 aromatic rings. The van der Waals surface area contributed by atoms with Crippen LogP contribution in [0.15, 0.2) is 36.4 Å². The second-order valence-electron chi connectivity index (χ2n) is 8.90. The lowest BCUT2D eigenvalue weighted by Crippen LogP contribution is -2.44. The van der Waals surface area contributed by atoms with Gasteiger partial charge in [0.2, 0.25) is 0 Å². The summed E-state index contributed by atoms with van der Waals surface area (Å²) < 4.78 is 19.4. The van der Waals surface area contributed by atoms with Crippen LogP contribution in [-0.4, -0.2) is 17.6 Å². The van der Waals surface area contributed by atoms with Crippen molar-refractivity contribution in [2.75, 3.05) is 7.11 Å². The van der Waals surface area contributed by atoms with Crippen molar-refractivity contribution in [2.24, 2.45) is 5.73 Å². The van der Waals surface area contributed by atoms with E-state index in [4.69, 9.17) is 10.5 Å². The van der Waals surface area contributed by atoms with Crippen LogP contribution >= 0.6 is 0 Å². The second kappa shape index (κ2) is 7.53. The minimum atomic E-state index is -0.534. The van der Waals surface area contributed by atoms with Gasteiger partial charge in [0, 0.05) is 34.1 Å². The number of benzene rings is 2. The maximum absolute atomic E-state index is 13.9. The fourth-order valence-corrected chi connectivity index (χ4v) is 4.45. The Morgan fingerprint density at radius 2 is 1.90 bits per heavy atom. The van der Waals surface area contributed by atoms with E-state index in [-0.39, 0.29) is 11.2 Å². The first-order chi connectivity index (χ1) is 13.5. The summed E-state index contributed by atoms with van der Waals surface area (Å²) in [5, 5.41) is 10.3. The summed E-state index contributed by atoms with van der Waals surface area (Å²) in [4.78, 5) is 3.41. The molecular formula is C24H28FN3O. The highest BCUT2D eigenvalue weighted by Crippen LogP contribution is 2.38. The molecular weight excluding hydrogens is 365 g/mol. The van der Waals surface area contributed by atoms with Crippen LogP contribution in [0.5, 0.6) is 5.75 Å². The zero-order valence-corrected chi connectivity index (χ0v) is 17.7. The van der Waals surface area contributed by atoms with Gasteiger partial charge in [0.05, 0.1) is 18.7 Å². The van der Waals surface area contributed by atoms with Crippen molar-refractivity contribution in [1.29, 1.82) is 5.26 Å². The number of aryl methyl sites for hydroxylation is 1. The van der Waals surface area contributed by atoms with Crippen LogP contribution in [0.2, 0.25) is 0 Å². The highest BCUT2D eigenvalue weighted by Gasteiger charge is 2.33. The smallest absolute Gasteiger partial charge is 0.123 e. The first kappa shape index (κ1) is 20.9. The minimum absolute atomic E-state index is 0.285. The monoisotopic (exact) mass is 393 g/mol. The Labute approximate surface area is 171 Å². The topological polar surface area (TPSA) is 74.8 Å². The van der Waals surface area contributed by atoms with Gasteiger partial charge < -0.3 is 15.5 Å². The Balaban J connectivity index is 1.88. The van der Waals surface area contributed by atoms with Gasteiger partial charge in [-0.1, -0.05) is 13.8 Å². The molecule has 1 aromatic heterocycles. The molecule has 1 atom stereocenters. The largest absolute Gasteiger partial charge is 0.496 e. The minimum Gasteiger partial charge on any atom is -0.496 e. The quantitative estimate of drug-likeness (QED) is 0.610. The number of fused-ring (bicyclic) bond motifs is 1. The van der Waals surface area contributed by atoms with Crippen LogP contribution < -0.4 is 10.5 Å². The Hall–Kier alpha value is -2.84. The molecule has 3 rings (SSSR count). The molecule has 4 nitrogen and oxygen atoms in total. The van der Waals surface area contributed by atoms with Gasteiger partial charge in [-0.15, -0.1) is 0 Å². The number of nitriles is 1. The van der Waals surface area contributed by atoms with E-state index < -0.39 is 5.54 Å². The molecule has 3 N–H and O–H groups in total. The number of aromatic nitrogens is 1. The lowest BCUT2D eigenvalue weighted by atomic mass is 9.73. The van der Waals surface area contributed by atoms with Gasteiger partial charge in [-0.05, 0) is 67.6 Å². The Morgan fingerprint density at radius 1 is 1.17 bits per heavy atom. The van der Waals surface area contributed by atoms with Gasteiger partial charge in [0.1, 0.15) is 11.6 Å². The van der Waals surface area contributed by atoms with Crippen molar-refractivity contribution < 1.29 is 9.13 Å². The maximum Gasteiger partial charge on any atom is 0.123 e. The zero-order chi connectivity index (χ0) is 21.4. The number of hydrogen-bond acceptors (Lipinski definition) is 3. The average molecular weight is 394 g/mol. The number of nitrogens with zero attached hydrogens (tertiary/aromatic N) is 1. The SMILES string of the molecule is COc1ccc(F)cc1C(C)(C)CC(C)(N)Cc1cc2c(C)cc(C#N)cc2[nH]1. The predicted octanol–water partition coefficient (Wildman–Crippen LogP) is 5.12. The number of aromatic amines is 1. The molecule has 0 bridgehead atoms. The Bertz CT molecular complexity index is 1090. The number of hydrogen-bond donors (Lipinski definition) is 2. The normalized spacial score (nSPS) is 13.9. The molecule has 0 saturated heterocycles. The molecule has 29 heavy (non-hydrogen) atoms. The predicted molar refractivity (Wildman–Crippen MR) is 115 cm³/mol. The third kappa shape index (κ3) is 4.44. The van der Waals surface area contributed by atoms with E-state index >= 15 is 0 Å². The van der Waals surface area contributed by atoms with Crippen LogP contribution in [0.25, 0.3) is 10.9 Å². The Kier molecular flexibility index (Phi) is 5.42. The third-order valence-electron chi connectivity index (χ3n) is 5.46. The van der Waals surface area contributed by atoms with E-state index in [1.54, 1.807) is 13.2 Å². The van der Waals surface area contributed by atoms with Crippen LogP contribution in [-0.2, 0) is 11.8 Å². The molecule has 0 amide bonds. The molecule has 0 aliphatic carbocycles. The van der Waals surface area contributed by atoms with Crippen LogP contribution in [0.1, 0.15) is 49.6 Å². The van der Waals surface area contributed by atoms with E-state index in [0.717, 1.165) is 27.7 Å². The van der Waals surface area contributed by atoms with Crippen LogP contribution in [0.3, 0.4) is 0 Å². The molecule has 1 heterocycles. The Morgan fingerprint density at radius 3 is 2.55 bits per heavy atom. The number of rotatable bonds is 6. The summed E-state index contributed by atoms with van der Waals surface area (Å²) in [6, 6.07) is 12.6. The maximum atomic E-state index is 13.9. The van der Waals surface area contributed by atoms with E-state index in [1.807, 2.05) is 26.0 Å². The standard InChI is InChI=1S/C24H28FN3O/c1-15-8-16(13-26)9-21-19(15)11-18(28-21)12-24(4,27)14-23(2,3)20-10-17(25)6-7-22(20)29-5/h6-11,28H,12,14,27H2,1-5H3. The molecule has 0 aliphatic rings. The van der Waals surface area contributed by atoms with Crippen molar-refractivity contribution in [3.05, 3.63) is 64.6 Å². The molecule has 0 fully saturated rings. The van der Waals surface area contributed by atoms with Crippen molar-refractivity contribution in [3.8, 4) is 11.8 Å². The summed E-state index contributed by atoms with van der Waals surface area (Å²) in [6.07, 6.45) is 1.27. The first-order valence-corrected chi connectivity index (χ1v) is 9.70. The number of nitrogens with one attached hydrogen (secondary N) is 1. The van der Waals surface area contributed by atoms with Crippen molar-refractivity contribution in [2.45, 2.75) is 51.5 Å². The number of halogens is 1. The number of H-pyrrole nitrogens is 1. The van der Waals surface area contributed by atoms with Crippen LogP contribution in [0.4, 0.5) is 4.39 Å². The van der Waals surface area contributed by atoms with Gasteiger partial charge in [-0.25, -0.2) is 4.39 Å². The second-order valence-corrected chi connectivity index (χ2v) is 8.90. The highest BCUT2D eigenvalue weighted by molar-refractivity contribution is 5.85. The van der Waals surface area contributed by atoms with E-state index in [1.165, 1.54) is 12.1 Å². The van der Waals surface area contributed by atoms with Crippen molar-refractivity contribution in [3.63, 3.8) is 0 Å². The van der Waals surface area contributed by atoms with E-state index in [9.17, 15) is 9.65 Å². The molecule has 0 spiro atoms. The fraction of sp³-hybridized carbons (Fsp3) is 0.375. The molecule has 1 unspecified atom stereocenters. The number of ether oxygens (including phenoxy) is 1. The molecule has 0 aliphatic heterocycles. The molecule has 152 valence electrons. The summed E-state index contributed by atoms with van der Waals surface area (Å²) in [5.41, 5.74) is 10.3. The van der Waals surface area contributed by atoms with Gasteiger partial charge in [0.25, 0.3) is 0 Å². The van der Waals surface area contributed by atoms with E-state index in [2.05, 4.69) is 31.0 Å².